The van der Waals surface area contributed by atoms with Crippen LogP contribution in [0.3, 0.4) is 0 Å². The minimum absolute atomic E-state index is 0.273. The molecule has 0 aliphatic carbocycles. The molecule has 0 N–H and O–H groups in total. The maximum Gasteiger partial charge on any atom is 0.156 e. The summed E-state index contributed by atoms with van der Waals surface area (Å²) in [4.78, 5) is 0. The smallest absolute Gasteiger partial charge is 0.156 e. The van der Waals surface area contributed by atoms with E-state index in [-0.39, 0.29) is 10.0 Å². The molecule has 0 aliphatic heterocycles. The molecule has 2 rings (SSSR count). The van der Waals surface area contributed by atoms with Crippen LogP contribution >= 0.6 is 101 Å². The van der Waals surface area contributed by atoms with Crippen LogP contribution in [0.5, 0.6) is 0 Å². The van der Waals surface area contributed by atoms with Crippen molar-refractivity contribution < 1.29 is 8.42 Å². The molecule has 0 spiro atoms. The highest BCUT2D eigenvalue weighted by atomic mass is 79.9. The standard InChI is InChI=1S/C16H10Br2Cl6O2S/c17-15(23,11-5-9(19)1-3-13(11)21)7-27(25,26)8-16(18,24)12-6-10(20)2-4-14(12)22/h1-6H,7-8H2. The zero-order valence-corrected chi connectivity index (χ0v) is 21.7. The molecule has 0 aromatic heterocycles. The second-order valence-corrected chi connectivity index (χ2v) is 14.4. The number of alkyl halides is 4. The molecule has 0 bridgehead atoms. The highest BCUT2D eigenvalue weighted by Gasteiger charge is 2.40. The molecule has 0 fully saturated rings. The van der Waals surface area contributed by atoms with Crippen molar-refractivity contribution >= 4 is 111 Å². The van der Waals surface area contributed by atoms with Crippen LogP contribution < -0.4 is 0 Å². The summed E-state index contributed by atoms with van der Waals surface area (Å²) in [6.07, 6.45) is 0. The molecule has 0 heterocycles. The summed E-state index contributed by atoms with van der Waals surface area (Å²) in [6, 6.07) is 9.21. The Hall–Kier alpha value is 1.09. The van der Waals surface area contributed by atoms with E-state index in [0.717, 1.165) is 0 Å². The van der Waals surface area contributed by atoms with E-state index in [1.165, 1.54) is 24.3 Å². The maximum absolute atomic E-state index is 12.8. The van der Waals surface area contributed by atoms with Gasteiger partial charge in [-0.1, -0.05) is 78.3 Å². The van der Waals surface area contributed by atoms with E-state index in [2.05, 4.69) is 31.9 Å². The van der Waals surface area contributed by atoms with Gasteiger partial charge in [0.25, 0.3) is 0 Å². The largest absolute Gasteiger partial charge is 0.229 e. The number of sulfone groups is 1. The third-order valence-corrected chi connectivity index (χ3v) is 9.47. The van der Waals surface area contributed by atoms with Gasteiger partial charge in [-0.05, 0) is 36.4 Å². The molecule has 2 aromatic carbocycles. The number of hydrogen-bond donors (Lipinski definition) is 0. The van der Waals surface area contributed by atoms with Crippen LogP contribution in [0.4, 0.5) is 0 Å². The van der Waals surface area contributed by atoms with Gasteiger partial charge < -0.3 is 0 Å². The molecule has 11 heteroatoms. The lowest BCUT2D eigenvalue weighted by Crippen LogP contribution is -2.31. The van der Waals surface area contributed by atoms with E-state index in [9.17, 15) is 8.42 Å². The summed E-state index contributed by atoms with van der Waals surface area (Å²) in [6.45, 7) is 0. The summed E-state index contributed by atoms with van der Waals surface area (Å²) >= 11 is 43.6. The predicted molar refractivity (Wildman–Crippen MR) is 124 cm³/mol. The normalized spacial score (nSPS) is 16.6. The molecule has 2 unspecified atom stereocenters. The van der Waals surface area contributed by atoms with Crippen LogP contribution in [0.1, 0.15) is 11.1 Å². The van der Waals surface area contributed by atoms with Crippen molar-refractivity contribution in [2.24, 2.45) is 0 Å². The average Bonchev–Trinajstić information content (AvgIpc) is 2.49. The van der Waals surface area contributed by atoms with Gasteiger partial charge in [0.05, 0.1) is 11.5 Å². The van der Waals surface area contributed by atoms with Crippen molar-refractivity contribution in [3.8, 4) is 0 Å². The van der Waals surface area contributed by atoms with Gasteiger partial charge in [-0.15, -0.1) is 23.2 Å². The van der Waals surface area contributed by atoms with Gasteiger partial charge in [0.1, 0.15) is 7.57 Å². The van der Waals surface area contributed by atoms with Gasteiger partial charge in [-0.25, -0.2) is 8.42 Å². The molecule has 2 aromatic rings. The van der Waals surface area contributed by atoms with Crippen LogP contribution in [0.2, 0.25) is 20.1 Å². The Balaban J connectivity index is 2.33. The second-order valence-electron chi connectivity index (χ2n) is 5.69. The quantitative estimate of drug-likeness (QED) is 0.301. The summed E-state index contributed by atoms with van der Waals surface area (Å²) in [7, 11) is -3.81. The van der Waals surface area contributed by atoms with Gasteiger partial charge in [0.2, 0.25) is 0 Å². The van der Waals surface area contributed by atoms with E-state index in [4.69, 9.17) is 69.6 Å². The minimum Gasteiger partial charge on any atom is -0.229 e. The highest BCUT2D eigenvalue weighted by Crippen LogP contribution is 2.46. The Morgan fingerprint density at radius 2 is 1.07 bits per heavy atom. The third-order valence-electron chi connectivity index (χ3n) is 3.45. The fraction of sp³-hybridized carbons (Fsp3) is 0.250. The Morgan fingerprint density at radius 3 is 1.41 bits per heavy atom. The first-order chi connectivity index (χ1) is 12.2. The summed E-state index contributed by atoms with van der Waals surface area (Å²) < 4.78 is 22.7. The summed E-state index contributed by atoms with van der Waals surface area (Å²) in [5, 5.41) is 1.29. The van der Waals surface area contributed by atoms with Crippen molar-refractivity contribution in [1.82, 2.24) is 0 Å². The van der Waals surface area contributed by atoms with Crippen LogP contribution in [0, 0.1) is 0 Å². The molecule has 27 heavy (non-hydrogen) atoms. The SMILES string of the molecule is O=S(=O)(CC(Cl)(Br)c1cc(Cl)ccc1Cl)CC(Cl)(Br)c1cc(Cl)ccc1Cl. The molecular weight excluding hydrogens is 629 g/mol. The van der Waals surface area contributed by atoms with E-state index in [1.54, 1.807) is 12.1 Å². The van der Waals surface area contributed by atoms with Crippen LogP contribution in [-0.4, -0.2) is 19.9 Å². The Morgan fingerprint density at radius 1 is 0.741 bits per heavy atom. The molecule has 0 radical (unpaired) electrons. The molecule has 0 saturated heterocycles. The number of benzene rings is 2. The minimum atomic E-state index is -3.81. The topological polar surface area (TPSA) is 34.1 Å². The van der Waals surface area contributed by atoms with Gasteiger partial charge in [0, 0.05) is 31.2 Å². The van der Waals surface area contributed by atoms with Gasteiger partial charge >= 0.3 is 0 Å². The van der Waals surface area contributed by atoms with Crippen molar-refractivity contribution in [1.29, 1.82) is 0 Å². The van der Waals surface area contributed by atoms with Crippen molar-refractivity contribution in [3.05, 3.63) is 67.6 Å². The van der Waals surface area contributed by atoms with Gasteiger partial charge in [-0.3, -0.25) is 0 Å². The van der Waals surface area contributed by atoms with E-state index >= 15 is 0 Å². The Bertz CT molecular complexity index is 892. The lowest BCUT2D eigenvalue weighted by atomic mass is 10.1. The Labute approximate surface area is 204 Å². The molecule has 2 atom stereocenters. The number of halogens is 8. The zero-order valence-electron chi connectivity index (χ0n) is 13.1. The van der Waals surface area contributed by atoms with Crippen LogP contribution in [0.25, 0.3) is 0 Å². The van der Waals surface area contributed by atoms with Crippen molar-refractivity contribution in [3.63, 3.8) is 0 Å². The van der Waals surface area contributed by atoms with Gasteiger partial charge in [-0.2, -0.15) is 0 Å². The highest BCUT2D eigenvalue weighted by molar-refractivity contribution is 9.10. The predicted octanol–water partition coefficient (Wildman–Crippen LogP) is 7.99. The third kappa shape index (κ3) is 6.53. The first-order valence-electron chi connectivity index (χ1n) is 7.11. The summed E-state index contributed by atoms with van der Waals surface area (Å²) in [5.74, 6) is -1.00. The maximum atomic E-state index is 12.8. The van der Waals surface area contributed by atoms with E-state index in [0.29, 0.717) is 21.2 Å². The lowest BCUT2D eigenvalue weighted by molar-refractivity contribution is 0.591. The molecule has 148 valence electrons. The van der Waals surface area contributed by atoms with Crippen molar-refractivity contribution in [2.45, 2.75) is 7.57 Å². The number of rotatable bonds is 6. The van der Waals surface area contributed by atoms with Gasteiger partial charge in [0.15, 0.2) is 9.84 Å². The molecule has 0 saturated carbocycles. The van der Waals surface area contributed by atoms with Crippen molar-refractivity contribution in [2.75, 3.05) is 11.5 Å². The van der Waals surface area contributed by atoms with Crippen LogP contribution in [-0.2, 0) is 17.4 Å². The Kier molecular flexibility index (Phi) is 8.18. The molecule has 2 nitrogen and oxygen atoms in total. The lowest BCUT2D eigenvalue weighted by Gasteiger charge is -2.26. The number of hydrogen-bond acceptors (Lipinski definition) is 2. The summed E-state index contributed by atoms with van der Waals surface area (Å²) in [5.41, 5.74) is 0.662. The fourth-order valence-electron chi connectivity index (χ4n) is 2.31. The molecule has 0 aliphatic rings. The average molecular weight is 639 g/mol. The molecule has 0 amide bonds. The first-order valence-corrected chi connectivity index (χ1v) is 12.8. The van der Waals surface area contributed by atoms with E-state index < -0.39 is 28.9 Å². The monoisotopic (exact) mass is 634 g/mol. The van der Waals surface area contributed by atoms with E-state index in [1.807, 2.05) is 0 Å². The van der Waals surface area contributed by atoms with Crippen LogP contribution in [0.15, 0.2) is 36.4 Å². The first kappa shape index (κ1) is 24.4. The molecular formula is C16H10Br2Cl6O2S. The second kappa shape index (κ2) is 9.07. The zero-order chi connectivity index (χ0) is 20.6. The fourth-order valence-corrected chi connectivity index (χ4v) is 9.12.